The van der Waals surface area contributed by atoms with Crippen molar-refractivity contribution in [3.05, 3.63) is 18.2 Å². The zero-order valence-electron chi connectivity index (χ0n) is 11.4. The molecule has 0 radical (unpaired) electrons. The van der Waals surface area contributed by atoms with Gasteiger partial charge in [0.05, 0.1) is 12.6 Å². The Morgan fingerprint density at radius 2 is 2.32 bits per heavy atom. The van der Waals surface area contributed by atoms with Crippen LogP contribution in [0, 0.1) is 5.92 Å². The Bertz CT molecular complexity index is 417. The van der Waals surface area contributed by atoms with E-state index in [1.165, 1.54) is 25.7 Å². The molecule has 1 saturated carbocycles. The number of H-pyrrole nitrogens is 1. The minimum atomic E-state index is 0.00747. The number of nitrogens with zero attached hydrogens (tertiary/aromatic N) is 2. The average molecular weight is 262 g/mol. The first-order valence-electron chi connectivity index (χ1n) is 7.23. The summed E-state index contributed by atoms with van der Waals surface area (Å²) in [7, 11) is 1.86. The third kappa shape index (κ3) is 2.66. The summed E-state index contributed by atoms with van der Waals surface area (Å²) >= 11 is 0. The van der Waals surface area contributed by atoms with Crippen LogP contribution in [-0.4, -0.2) is 39.9 Å². The van der Waals surface area contributed by atoms with Gasteiger partial charge in [-0.05, 0) is 25.2 Å². The molecular weight excluding hydrogens is 240 g/mol. The second-order valence-electron chi connectivity index (χ2n) is 5.84. The van der Waals surface area contributed by atoms with Crippen LogP contribution < -0.4 is 5.32 Å². The van der Waals surface area contributed by atoms with E-state index in [0.717, 1.165) is 12.2 Å². The Balaban J connectivity index is 1.58. The van der Waals surface area contributed by atoms with E-state index in [2.05, 4.69) is 15.3 Å². The predicted molar refractivity (Wildman–Crippen MR) is 72.3 cm³/mol. The number of amides is 1. The number of aromatic amines is 1. The largest absolute Gasteiger partial charge is 0.347 e. The smallest absolute Gasteiger partial charge is 0.239 e. The summed E-state index contributed by atoms with van der Waals surface area (Å²) in [5, 5.41) is 3.53. The molecule has 3 atom stereocenters. The lowest BCUT2D eigenvalue weighted by molar-refractivity contribution is -0.132. The first kappa shape index (κ1) is 12.7. The molecule has 1 aliphatic heterocycles. The van der Waals surface area contributed by atoms with Gasteiger partial charge in [-0.15, -0.1) is 0 Å². The number of carbonyl (C=O) groups is 1. The van der Waals surface area contributed by atoms with Crippen molar-refractivity contribution in [3.63, 3.8) is 0 Å². The number of aromatic nitrogens is 2. The molecule has 3 unspecified atom stereocenters. The monoisotopic (exact) mass is 262 g/mol. The van der Waals surface area contributed by atoms with E-state index in [9.17, 15) is 4.79 Å². The minimum Gasteiger partial charge on any atom is -0.347 e. The highest BCUT2D eigenvalue weighted by Crippen LogP contribution is 2.33. The molecule has 1 aromatic heterocycles. The molecule has 0 spiro atoms. The Labute approximate surface area is 113 Å². The number of likely N-dealkylation sites (N-methyl/N-ethyl adjacent to an activating group) is 1. The van der Waals surface area contributed by atoms with Crippen LogP contribution in [0.25, 0.3) is 0 Å². The quantitative estimate of drug-likeness (QED) is 0.863. The van der Waals surface area contributed by atoms with Crippen LogP contribution in [0.4, 0.5) is 0 Å². The molecule has 104 valence electrons. The second-order valence-corrected chi connectivity index (χ2v) is 5.84. The molecule has 5 nitrogen and oxygen atoms in total. The van der Waals surface area contributed by atoms with Crippen molar-refractivity contribution >= 4 is 5.91 Å². The van der Waals surface area contributed by atoms with Gasteiger partial charge in [0.15, 0.2) is 0 Å². The van der Waals surface area contributed by atoms with Gasteiger partial charge in [-0.2, -0.15) is 0 Å². The van der Waals surface area contributed by atoms with Crippen molar-refractivity contribution in [1.29, 1.82) is 0 Å². The summed E-state index contributed by atoms with van der Waals surface area (Å²) in [5.41, 5.74) is 0. The van der Waals surface area contributed by atoms with Crippen molar-refractivity contribution in [2.45, 2.75) is 50.7 Å². The number of hydrogen-bond acceptors (Lipinski definition) is 3. The van der Waals surface area contributed by atoms with E-state index in [0.29, 0.717) is 18.5 Å². The number of nitrogens with one attached hydrogen (secondary N) is 2. The van der Waals surface area contributed by atoms with Gasteiger partial charge in [0.25, 0.3) is 0 Å². The highest BCUT2D eigenvalue weighted by molar-refractivity contribution is 5.82. The van der Waals surface area contributed by atoms with Gasteiger partial charge in [-0.25, -0.2) is 4.98 Å². The second kappa shape index (κ2) is 5.33. The standard InChI is InChI=1S/C14H22N4O/c1-18(9-13-15-6-7-16-13)14(19)12-8-10-4-2-3-5-11(10)17-12/h6-7,10-12,17H,2-5,8-9H2,1H3,(H,15,16). The molecule has 0 aromatic carbocycles. The fourth-order valence-corrected chi connectivity index (χ4v) is 3.46. The highest BCUT2D eigenvalue weighted by atomic mass is 16.2. The Morgan fingerprint density at radius 1 is 1.47 bits per heavy atom. The van der Waals surface area contributed by atoms with E-state index in [1.807, 2.05) is 7.05 Å². The number of fused-ring (bicyclic) bond motifs is 1. The van der Waals surface area contributed by atoms with Gasteiger partial charge in [0.1, 0.15) is 5.82 Å². The third-order valence-electron chi connectivity index (χ3n) is 4.48. The van der Waals surface area contributed by atoms with Crippen LogP contribution in [-0.2, 0) is 11.3 Å². The maximum Gasteiger partial charge on any atom is 0.239 e. The molecule has 1 aliphatic carbocycles. The fraction of sp³-hybridized carbons (Fsp3) is 0.714. The maximum atomic E-state index is 12.4. The molecule has 1 saturated heterocycles. The molecule has 19 heavy (non-hydrogen) atoms. The number of rotatable bonds is 3. The summed E-state index contributed by atoms with van der Waals surface area (Å²) in [6.07, 6.45) is 9.65. The summed E-state index contributed by atoms with van der Waals surface area (Å²) in [5.74, 6) is 1.75. The lowest BCUT2D eigenvalue weighted by atomic mass is 9.85. The van der Waals surface area contributed by atoms with Crippen LogP contribution in [0.3, 0.4) is 0 Å². The number of hydrogen-bond donors (Lipinski definition) is 2. The van der Waals surface area contributed by atoms with Crippen LogP contribution in [0.1, 0.15) is 37.9 Å². The molecule has 2 aliphatic rings. The van der Waals surface area contributed by atoms with Crippen molar-refractivity contribution in [3.8, 4) is 0 Å². The van der Waals surface area contributed by atoms with Crippen LogP contribution in [0.2, 0.25) is 0 Å². The van der Waals surface area contributed by atoms with Crippen molar-refractivity contribution < 1.29 is 4.79 Å². The molecule has 3 rings (SSSR count). The number of imidazole rings is 1. The molecule has 1 amide bonds. The van der Waals surface area contributed by atoms with Crippen molar-refractivity contribution in [2.75, 3.05) is 7.05 Å². The van der Waals surface area contributed by atoms with Crippen LogP contribution >= 0.6 is 0 Å². The zero-order valence-corrected chi connectivity index (χ0v) is 11.4. The van der Waals surface area contributed by atoms with E-state index in [4.69, 9.17) is 0 Å². The molecular formula is C14H22N4O. The predicted octanol–water partition coefficient (Wildman–Crippen LogP) is 1.29. The lowest BCUT2D eigenvalue weighted by Crippen LogP contribution is -2.43. The fourth-order valence-electron chi connectivity index (χ4n) is 3.46. The van der Waals surface area contributed by atoms with Crippen molar-refractivity contribution in [2.24, 2.45) is 5.92 Å². The van der Waals surface area contributed by atoms with E-state index < -0.39 is 0 Å². The van der Waals surface area contributed by atoms with Gasteiger partial charge >= 0.3 is 0 Å². The van der Waals surface area contributed by atoms with Crippen LogP contribution in [0.5, 0.6) is 0 Å². The SMILES string of the molecule is CN(Cc1ncc[nH]1)C(=O)C1CC2CCCCC2N1. The zero-order chi connectivity index (χ0) is 13.2. The molecule has 2 fully saturated rings. The molecule has 2 N–H and O–H groups in total. The molecule has 5 heteroatoms. The Kier molecular flexibility index (Phi) is 3.55. The summed E-state index contributed by atoms with van der Waals surface area (Å²) in [4.78, 5) is 21.4. The average Bonchev–Trinajstić information content (AvgIpc) is 3.05. The van der Waals surface area contributed by atoms with Gasteiger partial charge in [0, 0.05) is 25.5 Å². The third-order valence-corrected chi connectivity index (χ3v) is 4.48. The summed E-state index contributed by atoms with van der Waals surface area (Å²) in [6.45, 7) is 0.555. The van der Waals surface area contributed by atoms with Gasteiger partial charge in [-0.3, -0.25) is 4.79 Å². The minimum absolute atomic E-state index is 0.00747. The summed E-state index contributed by atoms with van der Waals surface area (Å²) in [6, 6.07) is 0.577. The summed E-state index contributed by atoms with van der Waals surface area (Å²) < 4.78 is 0. The van der Waals surface area contributed by atoms with Crippen LogP contribution in [0.15, 0.2) is 12.4 Å². The van der Waals surface area contributed by atoms with Gasteiger partial charge in [0.2, 0.25) is 5.91 Å². The maximum absolute atomic E-state index is 12.4. The first-order chi connectivity index (χ1) is 9.24. The molecule has 0 bridgehead atoms. The Hall–Kier alpha value is -1.36. The van der Waals surface area contributed by atoms with Gasteiger partial charge < -0.3 is 15.2 Å². The van der Waals surface area contributed by atoms with E-state index in [1.54, 1.807) is 17.3 Å². The Morgan fingerprint density at radius 3 is 3.05 bits per heavy atom. The molecule has 1 aromatic rings. The highest BCUT2D eigenvalue weighted by Gasteiger charge is 2.39. The topological polar surface area (TPSA) is 61.0 Å². The van der Waals surface area contributed by atoms with Gasteiger partial charge in [-0.1, -0.05) is 12.8 Å². The number of carbonyl (C=O) groups excluding carboxylic acids is 1. The lowest BCUT2D eigenvalue weighted by Gasteiger charge is -2.24. The van der Waals surface area contributed by atoms with Crippen molar-refractivity contribution in [1.82, 2.24) is 20.2 Å². The first-order valence-corrected chi connectivity index (χ1v) is 7.23. The molecule has 2 heterocycles. The normalized spacial score (nSPS) is 30.1. The van der Waals surface area contributed by atoms with E-state index in [-0.39, 0.29) is 11.9 Å². The van der Waals surface area contributed by atoms with E-state index >= 15 is 0 Å².